The van der Waals surface area contributed by atoms with Crippen molar-refractivity contribution in [2.45, 2.75) is 38.8 Å². The summed E-state index contributed by atoms with van der Waals surface area (Å²) in [5.41, 5.74) is 5.30. The Balaban J connectivity index is 1.69. The Morgan fingerprint density at radius 2 is 1.77 bits per heavy atom. The molecule has 0 bridgehead atoms. The quantitative estimate of drug-likeness (QED) is 0.194. The highest BCUT2D eigenvalue weighted by Gasteiger charge is 2.23. The first kappa shape index (κ1) is 24.0. The van der Waals surface area contributed by atoms with Crippen LogP contribution >= 0.6 is 35.3 Å². The average Bonchev–Trinajstić information content (AvgIpc) is 3.49. The Bertz CT molecular complexity index is 1560. The van der Waals surface area contributed by atoms with E-state index >= 15 is 0 Å². The van der Waals surface area contributed by atoms with Gasteiger partial charge in [-0.1, -0.05) is 47.4 Å². The van der Waals surface area contributed by atoms with Gasteiger partial charge in [0.15, 0.2) is 14.8 Å². The summed E-state index contributed by atoms with van der Waals surface area (Å²) in [5, 5.41) is 0.495. The van der Waals surface area contributed by atoms with Gasteiger partial charge in [-0.05, 0) is 80.7 Å². The summed E-state index contributed by atoms with van der Waals surface area (Å²) < 4.78 is 4.58. The van der Waals surface area contributed by atoms with Crippen LogP contribution < -0.4 is 5.56 Å². The smallest absolute Gasteiger partial charge is 0.278 e. The molecule has 5 rings (SSSR count). The molecule has 0 radical (unpaired) electrons. The molecule has 1 saturated heterocycles. The highest BCUT2D eigenvalue weighted by atomic mass is 32.2. The predicted molar refractivity (Wildman–Crippen MR) is 146 cm³/mol. The Kier molecular flexibility index (Phi) is 6.65. The third-order valence-electron chi connectivity index (χ3n) is 6.47. The van der Waals surface area contributed by atoms with E-state index in [9.17, 15) is 9.59 Å². The van der Waals surface area contributed by atoms with Crippen molar-refractivity contribution in [3.8, 4) is 11.4 Å². The van der Waals surface area contributed by atoms with Crippen molar-refractivity contribution in [2.75, 3.05) is 18.8 Å². The van der Waals surface area contributed by atoms with Crippen LogP contribution in [-0.2, 0) is 4.79 Å². The summed E-state index contributed by atoms with van der Waals surface area (Å²) >= 11 is 8.29. The van der Waals surface area contributed by atoms with Crippen LogP contribution in [0, 0.1) is 24.7 Å². The van der Waals surface area contributed by atoms with Gasteiger partial charge in [-0.15, -0.1) is 0 Å². The Morgan fingerprint density at radius 3 is 2.49 bits per heavy atom. The minimum atomic E-state index is -0.167. The largest absolute Gasteiger partial charge is 0.342 e. The molecule has 1 fully saturated rings. The van der Waals surface area contributed by atoms with Crippen LogP contribution in [0.1, 0.15) is 29.5 Å². The van der Waals surface area contributed by atoms with E-state index in [-0.39, 0.29) is 17.2 Å². The highest BCUT2D eigenvalue weighted by Crippen LogP contribution is 2.29. The fourth-order valence-corrected chi connectivity index (χ4v) is 6.54. The number of hydrogen-bond donors (Lipinski definition) is 0. The van der Waals surface area contributed by atoms with Gasteiger partial charge in [0.25, 0.3) is 5.56 Å². The maximum atomic E-state index is 13.9. The number of thioether (sulfide) groups is 1. The fraction of sp³-hybridized carbons (Fsp3) is 0.308. The van der Waals surface area contributed by atoms with Crippen molar-refractivity contribution in [3.05, 3.63) is 73.5 Å². The monoisotopic (exact) mass is 522 g/mol. The number of amides is 1. The third-order valence-corrected chi connectivity index (χ3v) is 8.74. The third kappa shape index (κ3) is 4.48. The van der Waals surface area contributed by atoms with Gasteiger partial charge < -0.3 is 4.90 Å². The molecular formula is C26H26N4O2S3. The molecule has 0 saturated carbocycles. The van der Waals surface area contributed by atoms with Gasteiger partial charge in [0, 0.05) is 18.8 Å². The second-order valence-corrected chi connectivity index (χ2v) is 11.4. The molecule has 0 atom stereocenters. The van der Waals surface area contributed by atoms with E-state index in [2.05, 4.69) is 26.0 Å². The molecule has 1 aliphatic heterocycles. The number of thiazole rings is 1. The number of likely N-dealkylation sites (tertiary alicyclic amines) is 1. The van der Waals surface area contributed by atoms with Crippen LogP contribution in [0.4, 0.5) is 0 Å². The minimum Gasteiger partial charge on any atom is -0.342 e. The molecule has 3 heterocycles. The maximum Gasteiger partial charge on any atom is 0.278 e. The van der Waals surface area contributed by atoms with Crippen molar-refractivity contribution in [2.24, 2.45) is 0 Å². The first-order chi connectivity index (χ1) is 16.8. The first-order valence-corrected chi connectivity index (χ1v) is 13.8. The summed E-state index contributed by atoms with van der Waals surface area (Å²) in [5.74, 6) is 0.313. The minimum absolute atomic E-state index is 0.0782. The topological polar surface area (TPSA) is 60.1 Å². The molecule has 0 spiro atoms. The second-order valence-electron chi connectivity index (χ2n) is 8.82. The van der Waals surface area contributed by atoms with Crippen LogP contribution in [0.2, 0.25) is 0 Å². The lowest BCUT2D eigenvalue weighted by atomic mass is 10.1. The lowest BCUT2D eigenvalue weighted by molar-refractivity contribution is -0.127. The molecule has 35 heavy (non-hydrogen) atoms. The average molecular weight is 523 g/mol. The van der Waals surface area contributed by atoms with E-state index in [1.807, 2.05) is 46.7 Å². The number of nitrogens with zero attached hydrogens (tertiary/aromatic N) is 4. The van der Waals surface area contributed by atoms with E-state index in [0.717, 1.165) is 48.4 Å². The predicted octanol–water partition coefficient (Wildman–Crippen LogP) is 5.61. The van der Waals surface area contributed by atoms with Crippen molar-refractivity contribution >= 4 is 51.6 Å². The molecule has 1 aliphatic rings. The summed E-state index contributed by atoms with van der Waals surface area (Å²) in [4.78, 5) is 33.6. The van der Waals surface area contributed by atoms with Gasteiger partial charge in [-0.25, -0.2) is 4.98 Å². The molecule has 0 unspecified atom stereocenters. The molecule has 4 aromatic rings. The summed E-state index contributed by atoms with van der Waals surface area (Å²) in [6.07, 6.45) is 2.09. The first-order valence-electron chi connectivity index (χ1n) is 11.6. The van der Waals surface area contributed by atoms with Gasteiger partial charge in [-0.2, -0.15) is 0 Å². The number of rotatable bonds is 5. The number of carbonyl (C=O) groups is 1. The number of aryl methyl sites for hydroxylation is 3. The summed E-state index contributed by atoms with van der Waals surface area (Å²) in [6, 6.07) is 13.9. The van der Waals surface area contributed by atoms with Crippen LogP contribution in [0.3, 0.4) is 0 Å². The van der Waals surface area contributed by atoms with E-state index in [1.54, 1.807) is 4.57 Å². The lowest BCUT2D eigenvalue weighted by Gasteiger charge is -2.17. The number of hydrogen-bond acceptors (Lipinski definition) is 6. The number of benzene rings is 2. The molecular weight excluding hydrogens is 497 g/mol. The second kappa shape index (κ2) is 9.72. The van der Waals surface area contributed by atoms with Crippen LogP contribution in [0.15, 0.2) is 52.4 Å². The molecule has 9 heteroatoms. The normalized spacial score (nSPS) is 13.6. The standard InChI is InChI=1S/C26H26N4O2S3/c1-16-10-11-19(14-18(16)3)29-23-22(35-26(29)33)24(32)30(20-9-5-4-8-17(20)2)25(27-23)34-15-21(31)28-12-6-7-13-28/h4-5,8-11,14H,6-7,12-13,15H2,1-3H3. The van der Waals surface area contributed by atoms with Crippen molar-refractivity contribution < 1.29 is 4.79 Å². The van der Waals surface area contributed by atoms with Crippen LogP contribution in [0.25, 0.3) is 21.7 Å². The Morgan fingerprint density at radius 1 is 1.03 bits per heavy atom. The molecule has 180 valence electrons. The summed E-state index contributed by atoms with van der Waals surface area (Å²) in [7, 11) is 0. The fourth-order valence-electron chi connectivity index (χ4n) is 4.34. The number of aromatic nitrogens is 3. The van der Waals surface area contributed by atoms with Crippen LogP contribution in [-0.4, -0.2) is 43.8 Å². The maximum absolute atomic E-state index is 13.9. The Labute approximate surface area is 217 Å². The number of carbonyl (C=O) groups excluding carboxylic acids is 1. The SMILES string of the molecule is Cc1ccc(-n2c(=S)sc3c(=O)n(-c4ccccc4C)c(SCC(=O)N4CCCC4)nc32)cc1C. The van der Waals surface area contributed by atoms with E-state index in [0.29, 0.717) is 19.5 Å². The van der Waals surface area contributed by atoms with E-state index in [1.165, 1.54) is 28.7 Å². The zero-order valence-corrected chi connectivity index (χ0v) is 22.4. The Hall–Kier alpha value is -2.75. The molecule has 2 aromatic carbocycles. The highest BCUT2D eigenvalue weighted by molar-refractivity contribution is 7.99. The van der Waals surface area contributed by atoms with Gasteiger partial charge in [0.1, 0.15) is 4.70 Å². The molecule has 0 aliphatic carbocycles. The van der Waals surface area contributed by atoms with Crippen molar-refractivity contribution in [3.63, 3.8) is 0 Å². The van der Waals surface area contributed by atoms with E-state index in [4.69, 9.17) is 17.2 Å². The zero-order chi connectivity index (χ0) is 24.7. The van der Waals surface area contributed by atoms with Gasteiger partial charge in [0.2, 0.25) is 5.91 Å². The van der Waals surface area contributed by atoms with Crippen molar-refractivity contribution in [1.29, 1.82) is 0 Å². The van der Waals surface area contributed by atoms with Crippen molar-refractivity contribution in [1.82, 2.24) is 19.0 Å². The zero-order valence-electron chi connectivity index (χ0n) is 19.9. The van der Waals surface area contributed by atoms with Gasteiger partial charge in [-0.3, -0.25) is 18.7 Å². The molecule has 2 aromatic heterocycles. The number of para-hydroxylation sites is 1. The number of fused-ring (bicyclic) bond motifs is 1. The van der Waals surface area contributed by atoms with Crippen LogP contribution in [0.5, 0.6) is 0 Å². The lowest BCUT2D eigenvalue weighted by Crippen LogP contribution is -2.30. The van der Waals surface area contributed by atoms with E-state index < -0.39 is 0 Å². The van der Waals surface area contributed by atoms with Gasteiger partial charge in [0.05, 0.1) is 11.4 Å². The molecule has 6 nitrogen and oxygen atoms in total. The molecule has 1 amide bonds. The molecule has 0 N–H and O–H groups in total. The van der Waals surface area contributed by atoms with Gasteiger partial charge >= 0.3 is 0 Å². The summed E-state index contributed by atoms with van der Waals surface area (Å²) in [6.45, 7) is 7.69.